The molecule has 0 unspecified atom stereocenters. The Morgan fingerprint density at radius 1 is 1.50 bits per heavy atom. The molecule has 76 valence electrons. The minimum atomic E-state index is 0.339. The van der Waals surface area contributed by atoms with Crippen molar-refractivity contribution in [1.29, 1.82) is 0 Å². The third-order valence-electron chi connectivity index (χ3n) is 2.34. The number of hydrogen-bond acceptors (Lipinski definition) is 4. The Morgan fingerprint density at radius 2 is 2.50 bits per heavy atom. The van der Waals surface area contributed by atoms with E-state index in [2.05, 4.69) is 15.3 Å². The maximum Gasteiger partial charge on any atom is 0.0907 e. The number of nitrogens with zero attached hydrogens (tertiary/aromatic N) is 2. The average Bonchev–Trinajstić information content (AvgIpc) is 2.29. The highest BCUT2D eigenvalue weighted by Crippen LogP contribution is 2.07. The average molecular weight is 193 g/mol. The Labute approximate surface area is 83.7 Å². The zero-order chi connectivity index (χ0) is 9.64. The number of piperidine rings is 1. The quantitative estimate of drug-likeness (QED) is 0.769. The summed E-state index contributed by atoms with van der Waals surface area (Å²) in [7, 11) is 0. The highest BCUT2D eigenvalue weighted by molar-refractivity contribution is 4.92. The van der Waals surface area contributed by atoms with Crippen LogP contribution in [0.25, 0.3) is 0 Å². The minimum Gasteiger partial charge on any atom is -0.371 e. The van der Waals surface area contributed by atoms with Gasteiger partial charge in [0, 0.05) is 18.9 Å². The van der Waals surface area contributed by atoms with Crippen LogP contribution in [0, 0.1) is 0 Å². The van der Waals surface area contributed by atoms with Gasteiger partial charge < -0.3 is 10.1 Å². The van der Waals surface area contributed by atoms with Crippen LogP contribution in [0.1, 0.15) is 18.5 Å². The van der Waals surface area contributed by atoms with Crippen LogP contribution in [-0.2, 0) is 11.3 Å². The van der Waals surface area contributed by atoms with E-state index in [9.17, 15) is 0 Å². The molecule has 4 heteroatoms. The molecule has 1 aliphatic rings. The first-order valence-electron chi connectivity index (χ1n) is 5.02. The fraction of sp³-hybridized carbons (Fsp3) is 0.600. The molecule has 0 amide bonds. The van der Waals surface area contributed by atoms with E-state index in [1.165, 1.54) is 6.42 Å². The largest absolute Gasteiger partial charge is 0.371 e. The summed E-state index contributed by atoms with van der Waals surface area (Å²) in [6, 6.07) is 0. The molecule has 14 heavy (non-hydrogen) atoms. The lowest BCUT2D eigenvalue weighted by Crippen LogP contribution is -2.35. The predicted molar refractivity (Wildman–Crippen MR) is 52.7 cm³/mol. The molecule has 0 spiro atoms. The van der Waals surface area contributed by atoms with Crippen molar-refractivity contribution in [1.82, 2.24) is 15.3 Å². The Hall–Kier alpha value is -1.00. The van der Waals surface area contributed by atoms with Crippen LogP contribution in [0.5, 0.6) is 0 Å². The molecule has 1 N–H and O–H groups in total. The van der Waals surface area contributed by atoms with Gasteiger partial charge in [0.1, 0.15) is 0 Å². The second kappa shape index (κ2) is 5.02. The summed E-state index contributed by atoms with van der Waals surface area (Å²) in [5.41, 5.74) is 0.901. The third kappa shape index (κ3) is 2.75. The van der Waals surface area contributed by atoms with Crippen molar-refractivity contribution in [3.8, 4) is 0 Å². The lowest BCUT2D eigenvalue weighted by molar-refractivity contribution is 0.0235. The molecular formula is C10H15N3O. The first-order valence-corrected chi connectivity index (χ1v) is 5.02. The molecule has 1 atom stereocenters. The van der Waals surface area contributed by atoms with Crippen LogP contribution < -0.4 is 5.32 Å². The number of rotatable bonds is 3. The fourth-order valence-corrected chi connectivity index (χ4v) is 1.57. The molecular weight excluding hydrogens is 178 g/mol. The van der Waals surface area contributed by atoms with Crippen LogP contribution in [0.3, 0.4) is 0 Å². The van der Waals surface area contributed by atoms with Crippen LogP contribution in [0.15, 0.2) is 18.6 Å². The van der Waals surface area contributed by atoms with Gasteiger partial charge >= 0.3 is 0 Å². The van der Waals surface area contributed by atoms with Gasteiger partial charge in [-0.05, 0) is 19.4 Å². The Balaban J connectivity index is 1.76. The van der Waals surface area contributed by atoms with Gasteiger partial charge in [-0.25, -0.2) is 0 Å². The van der Waals surface area contributed by atoms with Crippen LogP contribution in [0.4, 0.5) is 0 Å². The van der Waals surface area contributed by atoms with Gasteiger partial charge in [0.15, 0.2) is 0 Å². The number of aromatic nitrogens is 2. The highest BCUT2D eigenvalue weighted by atomic mass is 16.5. The Bertz CT molecular complexity index is 259. The van der Waals surface area contributed by atoms with Crippen molar-refractivity contribution in [2.45, 2.75) is 25.6 Å². The van der Waals surface area contributed by atoms with Gasteiger partial charge in [0.05, 0.1) is 24.6 Å². The molecule has 4 nitrogen and oxygen atoms in total. The molecule has 2 rings (SSSR count). The van der Waals surface area contributed by atoms with E-state index in [0.717, 1.165) is 25.2 Å². The Kier molecular flexibility index (Phi) is 3.43. The van der Waals surface area contributed by atoms with Gasteiger partial charge in [-0.1, -0.05) is 0 Å². The molecule has 0 saturated carbocycles. The molecule has 1 aromatic rings. The number of hydrogen-bond donors (Lipinski definition) is 1. The van der Waals surface area contributed by atoms with Crippen molar-refractivity contribution in [3.05, 3.63) is 24.3 Å². The molecule has 0 aliphatic carbocycles. The molecule has 1 aliphatic heterocycles. The fourth-order valence-electron chi connectivity index (χ4n) is 1.57. The summed E-state index contributed by atoms with van der Waals surface area (Å²) in [4.78, 5) is 8.15. The summed E-state index contributed by atoms with van der Waals surface area (Å²) in [6.07, 6.45) is 7.80. The predicted octanol–water partition coefficient (Wildman–Crippen LogP) is 0.745. The van der Waals surface area contributed by atoms with E-state index >= 15 is 0 Å². The minimum absolute atomic E-state index is 0.339. The first-order chi connectivity index (χ1) is 6.95. The zero-order valence-electron chi connectivity index (χ0n) is 8.15. The standard InChI is InChI=1S/C10H15N3O/c1-2-10(7-11-3-1)14-8-9-6-12-4-5-13-9/h4-6,10-11H,1-3,7-8H2/t10-/m0/s1. The lowest BCUT2D eigenvalue weighted by Gasteiger charge is -2.22. The summed E-state index contributed by atoms with van der Waals surface area (Å²) < 4.78 is 5.70. The molecule has 1 aromatic heterocycles. The van der Waals surface area contributed by atoms with Gasteiger partial charge in [-0.15, -0.1) is 0 Å². The van der Waals surface area contributed by atoms with Crippen molar-refractivity contribution in [3.63, 3.8) is 0 Å². The molecule has 1 fully saturated rings. The molecule has 2 heterocycles. The summed E-state index contributed by atoms with van der Waals surface area (Å²) >= 11 is 0. The molecule has 0 bridgehead atoms. The summed E-state index contributed by atoms with van der Waals surface area (Å²) in [6.45, 7) is 2.64. The van der Waals surface area contributed by atoms with Gasteiger partial charge in [0.25, 0.3) is 0 Å². The first kappa shape index (κ1) is 9.55. The van der Waals surface area contributed by atoms with E-state index in [1.807, 2.05) is 0 Å². The smallest absolute Gasteiger partial charge is 0.0907 e. The lowest BCUT2D eigenvalue weighted by atomic mass is 10.1. The van der Waals surface area contributed by atoms with E-state index in [1.54, 1.807) is 18.6 Å². The van der Waals surface area contributed by atoms with Crippen LogP contribution >= 0.6 is 0 Å². The van der Waals surface area contributed by atoms with Crippen LogP contribution in [0.2, 0.25) is 0 Å². The number of nitrogens with one attached hydrogen (secondary N) is 1. The van der Waals surface area contributed by atoms with Crippen molar-refractivity contribution >= 4 is 0 Å². The second-order valence-electron chi connectivity index (χ2n) is 3.48. The summed E-state index contributed by atoms with van der Waals surface area (Å²) in [5, 5.41) is 3.31. The molecule has 0 aromatic carbocycles. The van der Waals surface area contributed by atoms with E-state index in [0.29, 0.717) is 12.7 Å². The maximum atomic E-state index is 5.70. The molecule has 0 radical (unpaired) electrons. The number of ether oxygens (including phenoxy) is 1. The van der Waals surface area contributed by atoms with Crippen molar-refractivity contribution < 1.29 is 4.74 Å². The van der Waals surface area contributed by atoms with Crippen molar-refractivity contribution in [2.24, 2.45) is 0 Å². The van der Waals surface area contributed by atoms with E-state index in [4.69, 9.17) is 4.74 Å². The maximum absolute atomic E-state index is 5.70. The third-order valence-corrected chi connectivity index (χ3v) is 2.34. The Morgan fingerprint density at radius 3 is 3.21 bits per heavy atom. The topological polar surface area (TPSA) is 47.0 Å². The van der Waals surface area contributed by atoms with Gasteiger partial charge in [-0.2, -0.15) is 0 Å². The van der Waals surface area contributed by atoms with E-state index in [-0.39, 0.29) is 0 Å². The van der Waals surface area contributed by atoms with E-state index < -0.39 is 0 Å². The zero-order valence-corrected chi connectivity index (χ0v) is 8.15. The van der Waals surface area contributed by atoms with Crippen molar-refractivity contribution in [2.75, 3.05) is 13.1 Å². The molecule has 1 saturated heterocycles. The summed E-state index contributed by atoms with van der Waals surface area (Å²) in [5.74, 6) is 0. The monoisotopic (exact) mass is 193 g/mol. The second-order valence-corrected chi connectivity index (χ2v) is 3.48. The highest BCUT2D eigenvalue weighted by Gasteiger charge is 2.12. The van der Waals surface area contributed by atoms with Gasteiger partial charge in [-0.3, -0.25) is 9.97 Å². The van der Waals surface area contributed by atoms with Gasteiger partial charge in [0.2, 0.25) is 0 Å². The SMILES string of the molecule is c1cnc(CO[C@H]2CCCNC2)cn1. The normalized spacial score (nSPS) is 22.1. The van der Waals surface area contributed by atoms with Crippen LogP contribution in [-0.4, -0.2) is 29.2 Å².